The Balaban J connectivity index is 1.32. The zero-order valence-corrected chi connectivity index (χ0v) is 21.9. The van der Waals surface area contributed by atoms with E-state index >= 15 is 0 Å². The number of nitrogens with one attached hydrogen (secondary N) is 1. The summed E-state index contributed by atoms with van der Waals surface area (Å²) in [6.45, 7) is 9.05. The van der Waals surface area contributed by atoms with E-state index in [-0.39, 0.29) is 12.0 Å². The Labute approximate surface area is 222 Å². The van der Waals surface area contributed by atoms with E-state index in [1.807, 2.05) is 75.4 Å². The Bertz CT molecular complexity index is 1430. The molecule has 8 heteroatoms. The molecule has 1 saturated heterocycles. The normalized spacial score (nSPS) is 14.4. The molecule has 4 aromatic rings. The standard InChI is InChI=1S/C30H32N4O4/c1-30(2,3)38-29(36)34-18-16-33(17-19-34)20-22-12-9-15-25-26(22)32-28(37-25)23-13-7-8-14-24(23)31-27(35)21-10-5-4-6-11-21/h4-15H,16-20H2,1-3H3,(H,31,35). The molecule has 2 heterocycles. The number of oxazole rings is 1. The molecular weight excluding hydrogens is 480 g/mol. The number of hydrogen-bond donors (Lipinski definition) is 1. The molecule has 2 amide bonds. The van der Waals surface area contributed by atoms with Crippen LogP contribution in [0, 0.1) is 0 Å². The van der Waals surface area contributed by atoms with Gasteiger partial charge in [0.2, 0.25) is 5.89 Å². The van der Waals surface area contributed by atoms with E-state index in [2.05, 4.69) is 16.3 Å². The average Bonchev–Trinajstić information content (AvgIpc) is 3.34. The molecule has 0 saturated carbocycles. The number of benzene rings is 3. The van der Waals surface area contributed by atoms with Gasteiger partial charge >= 0.3 is 6.09 Å². The molecular formula is C30H32N4O4. The van der Waals surface area contributed by atoms with Crippen molar-refractivity contribution in [2.45, 2.75) is 32.9 Å². The van der Waals surface area contributed by atoms with Crippen molar-refractivity contribution in [3.8, 4) is 11.5 Å². The number of aromatic nitrogens is 1. The first-order chi connectivity index (χ1) is 18.3. The highest BCUT2D eigenvalue weighted by atomic mass is 16.6. The molecule has 8 nitrogen and oxygen atoms in total. The fourth-order valence-corrected chi connectivity index (χ4v) is 4.47. The van der Waals surface area contributed by atoms with Gasteiger partial charge in [-0.3, -0.25) is 9.69 Å². The molecule has 196 valence electrons. The van der Waals surface area contributed by atoms with Crippen LogP contribution in [0.4, 0.5) is 10.5 Å². The maximum Gasteiger partial charge on any atom is 0.410 e. The highest BCUT2D eigenvalue weighted by molar-refractivity contribution is 6.06. The number of ether oxygens (including phenoxy) is 1. The van der Waals surface area contributed by atoms with Crippen molar-refractivity contribution in [3.63, 3.8) is 0 Å². The Morgan fingerprint density at radius 3 is 2.37 bits per heavy atom. The van der Waals surface area contributed by atoms with Gasteiger partial charge in [0.15, 0.2) is 5.58 Å². The van der Waals surface area contributed by atoms with Gasteiger partial charge in [0.1, 0.15) is 11.1 Å². The van der Waals surface area contributed by atoms with E-state index < -0.39 is 5.60 Å². The van der Waals surface area contributed by atoms with Gasteiger partial charge in [-0.2, -0.15) is 0 Å². The lowest BCUT2D eigenvalue weighted by molar-refractivity contribution is 0.0139. The molecule has 3 aromatic carbocycles. The van der Waals surface area contributed by atoms with Gasteiger partial charge in [0.25, 0.3) is 5.91 Å². The van der Waals surface area contributed by atoms with E-state index in [0.29, 0.717) is 47.9 Å². The van der Waals surface area contributed by atoms with E-state index in [0.717, 1.165) is 24.2 Å². The van der Waals surface area contributed by atoms with Gasteiger partial charge in [0.05, 0.1) is 11.3 Å². The summed E-state index contributed by atoms with van der Waals surface area (Å²) in [5, 5.41) is 2.99. The van der Waals surface area contributed by atoms with E-state index in [4.69, 9.17) is 14.1 Å². The molecule has 38 heavy (non-hydrogen) atoms. The fourth-order valence-electron chi connectivity index (χ4n) is 4.47. The summed E-state index contributed by atoms with van der Waals surface area (Å²) in [5.41, 5.74) is 3.95. The minimum absolute atomic E-state index is 0.194. The summed E-state index contributed by atoms with van der Waals surface area (Å²) in [4.78, 5) is 34.1. The van der Waals surface area contributed by atoms with E-state index in [1.54, 1.807) is 17.0 Å². The minimum atomic E-state index is -0.502. The van der Waals surface area contributed by atoms with Crippen LogP contribution in [-0.4, -0.2) is 58.6 Å². The number of para-hydroxylation sites is 2. The van der Waals surface area contributed by atoms with Crippen LogP contribution in [-0.2, 0) is 11.3 Å². The second kappa shape index (κ2) is 10.7. The SMILES string of the molecule is CC(C)(C)OC(=O)N1CCN(Cc2cccc3oc(-c4ccccc4NC(=O)c4ccccc4)nc23)CC1. The number of nitrogens with zero attached hydrogens (tertiary/aromatic N) is 3. The predicted octanol–water partition coefficient (Wildman–Crippen LogP) is 5.80. The highest BCUT2D eigenvalue weighted by Crippen LogP contribution is 2.32. The molecule has 1 fully saturated rings. The van der Waals surface area contributed by atoms with Crippen LogP contribution < -0.4 is 5.32 Å². The lowest BCUT2D eigenvalue weighted by Gasteiger charge is -2.35. The first kappa shape index (κ1) is 25.5. The number of carbonyl (C=O) groups is 2. The number of carbonyl (C=O) groups excluding carboxylic acids is 2. The van der Waals surface area contributed by atoms with Crippen molar-refractivity contribution in [1.29, 1.82) is 0 Å². The molecule has 0 atom stereocenters. The number of hydrogen-bond acceptors (Lipinski definition) is 6. The third-order valence-corrected chi connectivity index (χ3v) is 6.36. The van der Waals surface area contributed by atoms with Crippen LogP contribution in [0.3, 0.4) is 0 Å². The molecule has 1 aliphatic rings. The largest absolute Gasteiger partial charge is 0.444 e. The van der Waals surface area contributed by atoms with Crippen LogP contribution in [0.1, 0.15) is 36.7 Å². The summed E-state index contributed by atoms with van der Waals surface area (Å²) in [6, 6.07) is 22.5. The zero-order chi connectivity index (χ0) is 26.7. The van der Waals surface area contributed by atoms with Crippen LogP contribution in [0.25, 0.3) is 22.6 Å². The number of amides is 2. The summed E-state index contributed by atoms with van der Waals surface area (Å²) < 4.78 is 11.7. The topological polar surface area (TPSA) is 87.9 Å². The van der Waals surface area contributed by atoms with Gasteiger partial charge in [-0.25, -0.2) is 9.78 Å². The highest BCUT2D eigenvalue weighted by Gasteiger charge is 2.26. The second-order valence-corrected chi connectivity index (χ2v) is 10.4. The molecule has 0 unspecified atom stereocenters. The summed E-state index contributed by atoms with van der Waals surface area (Å²) in [7, 11) is 0. The third kappa shape index (κ3) is 5.86. The molecule has 5 rings (SSSR count). The third-order valence-electron chi connectivity index (χ3n) is 6.36. The molecule has 0 spiro atoms. The van der Waals surface area contributed by atoms with Crippen molar-refractivity contribution in [2.75, 3.05) is 31.5 Å². The maximum atomic E-state index is 12.8. The van der Waals surface area contributed by atoms with Crippen LogP contribution in [0.15, 0.2) is 77.2 Å². The maximum absolute atomic E-state index is 12.8. The monoisotopic (exact) mass is 512 g/mol. The average molecular weight is 513 g/mol. The first-order valence-corrected chi connectivity index (χ1v) is 12.8. The summed E-state index contributed by atoms with van der Waals surface area (Å²) in [5.74, 6) is 0.256. The molecule has 1 aliphatic heterocycles. The zero-order valence-electron chi connectivity index (χ0n) is 21.9. The lowest BCUT2D eigenvalue weighted by atomic mass is 10.1. The summed E-state index contributed by atoms with van der Waals surface area (Å²) >= 11 is 0. The Kier molecular flexibility index (Phi) is 7.15. The molecule has 0 aliphatic carbocycles. The number of piperazine rings is 1. The van der Waals surface area contributed by atoms with Gasteiger partial charge in [-0.15, -0.1) is 0 Å². The van der Waals surface area contributed by atoms with Crippen molar-refractivity contribution in [3.05, 3.63) is 83.9 Å². The smallest absolute Gasteiger partial charge is 0.410 e. The number of anilines is 1. The van der Waals surface area contributed by atoms with Crippen LogP contribution in [0.2, 0.25) is 0 Å². The van der Waals surface area contributed by atoms with Crippen LogP contribution in [0.5, 0.6) is 0 Å². The van der Waals surface area contributed by atoms with Gasteiger partial charge in [-0.05, 0) is 56.7 Å². The predicted molar refractivity (Wildman–Crippen MR) is 147 cm³/mol. The Morgan fingerprint density at radius 2 is 1.63 bits per heavy atom. The summed E-state index contributed by atoms with van der Waals surface area (Å²) in [6.07, 6.45) is -0.265. The Hall–Kier alpha value is -4.17. The Morgan fingerprint density at radius 1 is 0.921 bits per heavy atom. The first-order valence-electron chi connectivity index (χ1n) is 12.8. The molecule has 0 radical (unpaired) electrons. The molecule has 0 bridgehead atoms. The van der Waals surface area contributed by atoms with Crippen LogP contribution >= 0.6 is 0 Å². The van der Waals surface area contributed by atoms with Crippen molar-refractivity contribution in [2.24, 2.45) is 0 Å². The fraction of sp³-hybridized carbons (Fsp3) is 0.300. The number of fused-ring (bicyclic) bond motifs is 1. The van der Waals surface area contributed by atoms with Gasteiger partial charge < -0.3 is 19.4 Å². The van der Waals surface area contributed by atoms with Crippen molar-refractivity contribution in [1.82, 2.24) is 14.8 Å². The van der Waals surface area contributed by atoms with Crippen molar-refractivity contribution < 1.29 is 18.7 Å². The van der Waals surface area contributed by atoms with Gasteiger partial charge in [0, 0.05) is 38.3 Å². The quantitative estimate of drug-likeness (QED) is 0.364. The van der Waals surface area contributed by atoms with E-state index in [1.165, 1.54) is 0 Å². The van der Waals surface area contributed by atoms with Crippen molar-refractivity contribution >= 4 is 28.8 Å². The molecule has 1 aromatic heterocycles. The van der Waals surface area contributed by atoms with E-state index in [9.17, 15) is 9.59 Å². The molecule has 1 N–H and O–H groups in total. The lowest BCUT2D eigenvalue weighted by Crippen LogP contribution is -2.49. The number of rotatable bonds is 5. The second-order valence-electron chi connectivity index (χ2n) is 10.4. The minimum Gasteiger partial charge on any atom is -0.444 e. The van der Waals surface area contributed by atoms with Gasteiger partial charge in [-0.1, -0.05) is 42.5 Å².